The van der Waals surface area contributed by atoms with Crippen LogP contribution in [-0.4, -0.2) is 21.7 Å². The van der Waals surface area contributed by atoms with Crippen LogP contribution < -0.4 is 0 Å². The lowest BCUT2D eigenvalue weighted by Crippen LogP contribution is -2.04. The SMILES string of the molecule is Cc1cc2ccc1=2.Cc1nc(C)c(CCO)nc1C. The van der Waals surface area contributed by atoms with Gasteiger partial charge in [0, 0.05) is 13.0 Å². The first-order valence-corrected chi connectivity index (χ1v) is 6.55. The van der Waals surface area contributed by atoms with Gasteiger partial charge < -0.3 is 5.11 Å². The Balaban J connectivity index is 0.000000159. The number of aliphatic hydroxyl groups is 1. The maximum Gasteiger partial charge on any atom is 0.0642 e. The van der Waals surface area contributed by atoms with Crippen LogP contribution in [0.5, 0.6) is 0 Å². The van der Waals surface area contributed by atoms with Crippen LogP contribution in [0.25, 0.3) is 0 Å². The molecule has 2 aliphatic carbocycles. The van der Waals surface area contributed by atoms with Gasteiger partial charge in [-0.1, -0.05) is 18.2 Å². The second-order valence-electron chi connectivity index (χ2n) is 4.93. The molecule has 0 saturated heterocycles. The van der Waals surface area contributed by atoms with Gasteiger partial charge in [0.05, 0.1) is 22.8 Å². The third kappa shape index (κ3) is 2.82. The van der Waals surface area contributed by atoms with E-state index in [2.05, 4.69) is 35.1 Å². The van der Waals surface area contributed by atoms with E-state index in [9.17, 15) is 0 Å². The molecule has 0 radical (unpaired) electrons. The Morgan fingerprint density at radius 1 is 0.947 bits per heavy atom. The number of hydrogen-bond acceptors (Lipinski definition) is 3. The largest absolute Gasteiger partial charge is 0.396 e. The topological polar surface area (TPSA) is 46.0 Å². The molecule has 0 fully saturated rings. The highest BCUT2D eigenvalue weighted by Crippen LogP contribution is 2.13. The first-order valence-electron chi connectivity index (χ1n) is 6.55. The Hall–Kier alpha value is -1.74. The van der Waals surface area contributed by atoms with Gasteiger partial charge in [-0.2, -0.15) is 0 Å². The van der Waals surface area contributed by atoms with Crippen LogP contribution in [0.3, 0.4) is 0 Å². The number of rotatable bonds is 2. The van der Waals surface area contributed by atoms with E-state index in [0.717, 1.165) is 22.8 Å². The molecule has 1 aromatic heterocycles. The molecular weight excluding hydrogens is 236 g/mol. The summed E-state index contributed by atoms with van der Waals surface area (Å²) >= 11 is 0. The summed E-state index contributed by atoms with van der Waals surface area (Å²) in [7, 11) is 0. The predicted octanol–water partition coefficient (Wildman–Crippen LogP) is 2.53. The van der Waals surface area contributed by atoms with Gasteiger partial charge in [-0.05, 0) is 43.7 Å². The van der Waals surface area contributed by atoms with Crippen molar-refractivity contribution in [1.82, 2.24) is 9.97 Å². The van der Waals surface area contributed by atoms with E-state index >= 15 is 0 Å². The Bertz CT molecular complexity index is 693. The molecule has 0 unspecified atom stereocenters. The van der Waals surface area contributed by atoms with Crippen LogP contribution in [-0.2, 0) is 6.42 Å². The number of aliphatic hydroxyl groups excluding tert-OH is 1. The highest BCUT2D eigenvalue weighted by atomic mass is 16.3. The fourth-order valence-electron chi connectivity index (χ4n) is 2.09. The fraction of sp³-hybridized carbons (Fsp3) is 0.375. The highest BCUT2D eigenvalue weighted by molar-refractivity contribution is 5.31. The van der Waals surface area contributed by atoms with Gasteiger partial charge in [-0.3, -0.25) is 9.97 Å². The molecule has 0 amide bonds. The molecule has 100 valence electrons. The summed E-state index contributed by atoms with van der Waals surface area (Å²) in [4.78, 5) is 8.66. The van der Waals surface area contributed by atoms with Gasteiger partial charge in [-0.25, -0.2) is 0 Å². The lowest BCUT2D eigenvalue weighted by atomic mass is 10.0. The molecule has 19 heavy (non-hydrogen) atoms. The zero-order valence-corrected chi connectivity index (χ0v) is 12.0. The zero-order chi connectivity index (χ0) is 14.0. The summed E-state index contributed by atoms with van der Waals surface area (Å²) in [5, 5.41) is 11.7. The van der Waals surface area contributed by atoms with E-state index in [1.54, 1.807) is 0 Å². The molecule has 1 aromatic rings. The zero-order valence-electron chi connectivity index (χ0n) is 12.0. The first kappa shape index (κ1) is 13.7. The molecule has 0 aliphatic heterocycles. The van der Waals surface area contributed by atoms with Crippen LogP contribution in [0, 0.1) is 38.1 Å². The van der Waals surface area contributed by atoms with Gasteiger partial charge in [-0.15, -0.1) is 0 Å². The van der Waals surface area contributed by atoms with Crippen molar-refractivity contribution >= 4 is 0 Å². The maximum absolute atomic E-state index is 8.74. The van der Waals surface area contributed by atoms with Crippen molar-refractivity contribution in [2.75, 3.05) is 6.61 Å². The summed E-state index contributed by atoms with van der Waals surface area (Å²) in [6.45, 7) is 8.07. The Labute approximate surface area is 113 Å². The van der Waals surface area contributed by atoms with E-state index in [0.29, 0.717) is 6.42 Å². The summed E-state index contributed by atoms with van der Waals surface area (Å²) in [5.74, 6) is 0. The molecule has 2 aliphatic rings. The Morgan fingerprint density at radius 3 is 2.00 bits per heavy atom. The van der Waals surface area contributed by atoms with E-state index in [1.807, 2.05) is 20.8 Å². The van der Waals surface area contributed by atoms with Crippen molar-refractivity contribution in [2.24, 2.45) is 0 Å². The van der Waals surface area contributed by atoms with E-state index in [4.69, 9.17) is 5.11 Å². The minimum Gasteiger partial charge on any atom is -0.396 e. The minimum absolute atomic E-state index is 0.137. The van der Waals surface area contributed by atoms with E-state index < -0.39 is 0 Å². The van der Waals surface area contributed by atoms with Gasteiger partial charge in [0.25, 0.3) is 0 Å². The van der Waals surface area contributed by atoms with Crippen molar-refractivity contribution in [3.05, 3.63) is 57.0 Å². The van der Waals surface area contributed by atoms with Crippen molar-refractivity contribution in [3.63, 3.8) is 0 Å². The van der Waals surface area contributed by atoms with Crippen LogP contribution >= 0.6 is 0 Å². The molecule has 0 spiro atoms. The maximum atomic E-state index is 8.74. The Kier molecular flexibility index (Phi) is 3.96. The first-order chi connectivity index (χ1) is 9.02. The molecule has 0 atom stereocenters. The monoisotopic (exact) mass is 256 g/mol. The third-order valence-electron chi connectivity index (χ3n) is 3.47. The highest BCUT2D eigenvalue weighted by Gasteiger charge is 2.03. The Morgan fingerprint density at radius 2 is 1.63 bits per heavy atom. The average molecular weight is 256 g/mol. The summed E-state index contributed by atoms with van der Waals surface area (Å²) in [6.07, 6.45) is 0.597. The van der Waals surface area contributed by atoms with Gasteiger partial charge >= 0.3 is 0 Å². The smallest absolute Gasteiger partial charge is 0.0642 e. The van der Waals surface area contributed by atoms with Gasteiger partial charge in [0.15, 0.2) is 0 Å². The molecular formula is C16H20N2O. The van der Waals surface area contributed by atoms with Crippen LogP contribution in [0.2, 0.25) is 0 Å². The second kappa shape index (κ2) is 5.49. The molecule has 0 bridgehead atoms. The quantitative estimate of drug-likeness (QED) is 0.766. The average Bonchev–Trinajstić information content (AvgIpc) is 2.34. The fourth-order valence-corrected chi connectivity index (χ4v) is 2.09. The number of benzene rings is 1. The lowest BCUT2D eigenvalue weighted by Gasteiger charge is -2.05. The molecule has 0 aromatic carbocycles. The summed E-state index contributed by atoms with van der Waals surface area (Å²) in [6, 6.07) is 6.50. The molecule has 0 saturated carbocycles. The lowest BCUT2D eigenvalue weighted by molar-refractivity contribution is 0.297. The van der Waals surface area contributed by atoms with Gasteiger partial charge in [0.2, 0.25) is 0 Å². The van der Waals surface area contributed by atoms with Crippen molar-refractivity contribution in [3.8, 4) is 0 Å². The van der Waals surface area contributed by atoms with Crippen molar-refractivity contribution in [1.29, 1.82) is 0 Å². The third-order valence-corrected chi connectivity index (χ3v) is 3.47. The second-order valence-corrected chi connectivity index (χ2v) is 4.93. The number of aromatic nitrogens is 2. The molecule has 3 nitrogen and oxygen atoms in total. The number of aryl methyl sites for hydroxylation is 4. The normalized spacial score (nSPS) is 10.8. The predicted molar refractivity (Wildman–Crippen MR) is 75.9 cm³/mol. The van der Waals surface area contributed by atoms with Crippen molar-refractivity contribution in [2.45, 2.75) is 34.1 Å². The van der Waals surface area contributed by atoms with Crippen LogP contribution in [0.4, 0.5) is 0 Å². The number of nitrogens with zero attached hydrogens (tertiary/aromatic N) is 2. The van der Waals surface area contributed by atoms with Crippen molar-refractivity contribution < 1.29 is 5.11 Å². The summed E-state index contributed by atoms with van der Waals surface area (Å²) < 4.78 is 0. The van der Waals surface area contributed by atoms with Gasteiger partial charge in [0.1, 0.15) is 0 Å². The standard InChI is InChI=1S/C9H14N2O.C7H6/c1-6-7(2)11-9(4-5-12)8(3)10-6;1-5-4-6-2-3-7(5)6/h12H,4-5H2,1-3H3;2-4H,1H3. The molecule has 1 N–H and O–H groups in total. The van der Waals surface area contributed by atoms with Crippen LogP contribution in [0.1, 0.15) is 28.3 Å². The van der Waals surface area contributed by atoms with E-state index in [1.165, 1.54) is 16.0 Å². The van der Waals surface area contributed by atoms with E-state index in [-0.39, 0.29) is 6.61 Å². The molecule has 3 rings (SSSR count). The molecule has 3 heteroatoms. The summed E-state index contributed by atoms with van der Waals surface area (Å²) in [5.41, 5.74) is 5.18. The molecule has 1 heterocycles. The number of hydrogen-bond donors (Lipinski definition) is 1. The minimum atomic E-state index is 0.137. The van der Waals surface area contributed by atoms with Crippen LogP contribution in [0.15, 0.2) is 18.2 Å².